The molecule has 3 rings (SSSR count). The topological polar surface area (TPSA) is 44.6 Å². The first-order valence-electron chi connectivity index (χ1n) is 8.36. The number of piperazine rings is 1. The van der Waals surface area contributed by atoms with Crippen LogP contribution in [0.1, 0.15) is 18.4 Å². The third kappa shape index (κ3) is 3.05. The highest BCUT2D eigenvalue weighted by Crippen LogP contribution is 2.33. The van der Waals surface area contributed by atoms with Gasteiger partial charge in [-0.3, -0.25) is 19.3 Å². The zero-order chi connectivity index (χ0) is 16.4. The SMILES string of the molecule is C=CCN1CCN(C)C2(CCN(Cc3cnn(C)c3)CC2)C1=O. The van der Waals surface area contributed by atoms with E-state index in [2.05, 4.69) is 34.7 Å². The van der Waals surface area contributed by atoms with Crippen LogP contribution in [0.25, 0.3) is 0 Å². The molecule has 0 radical (unpaired) electrons. The minimum Gasteiger partial charge on any atom is -0.336 e. The molecule has 0 saturated carbocycles. The summed E-state index contributed by atoms with van der Waals surface area (Å²) in [6, 6.07) is 0. The molecule has 0 atom stereocenters. The van der Waals surface area contributed by atoms with E-state index in [9.17, 15) is 4.79 Å². The lowest BCUT2D eigenvalue weighted by Gasteiger charge is -2.51. The summed E-state index contributed by atoms with van der Waals surface area (Å²) < 4.78 is 1.84. The molecule has 0 unspecified atom stereocenters. The first-order chi connectivity index (χ1) is 11.0. The van der Waals surface area contributed by atoms with Crippen LogP contribution in [-0.4, -0.2) is 75.7 Å². The fraction of sp³-hybridized carbons (Fsp3) is 0.647. The Balaban J connectivity index is 1.65. The normalized spacial score (nSPS) is 22.7. The molecule has 2 fully saturated rings. The zero-order valence-electron chi connectivity index (χ0n) is 14.2. The van der Waals surface area contributed by atoms with E-state index in [0.29, 0.717) is 6.54 Å². The highest BCUT2D eigenvalue weighted by atomic mass is 16.2. The first kappa shape index (κ1) is 16.2. The van der Waals surface area contributed by atoms with Gasteiger partial charge in [0.25, 0.3) is 0 Å². The monoisotopic (exact) mass is 317 g/mol. The molecule has 0 aliphatic carbocycles. The van der Waals surface area contributed by atoms with Crippen molar-refractivity contribution in [2.45, 2.75) is 24.9 Å². The number of aryl methyl sites for hydroxylation is 1. The highest BCUT2D eigenvalue weighted by molar-refractivity contribution is 5.87. The number of carbonyl (C=O) groups excluding carboxylic acids is 1. The lowest BCUT2D eigenvalue weighted by atomic mass is 9.82. The molecule has 1 aromatic heterocycles. The molecule has 0 N–H and O–H groups in total. The molecule has 3 heterocycles. The number of aromatic nitrogens is 2. The molecular formula is C17H27N5O. The molecule has 126 valence electrons. The van der Waals surface area contributed by atoms with Gasteiger partial charge >= 0.3 is 0 Å². The third-order valence-corrected chi connectivity index (χ3v) is 5.32. The predicted molar refractivity (Wildman–Crippen MR) is 89.9 cm³/mol. The van der Waals surface area contributed by atoms with Crippen molar-refractivity contribution in [2.75, 3.05) is 39.8 Å². The van der Waals surface area contributed by atoms with Gasteiger partial charge in [0.1, 0.15) is 5.54 Å². The van der Waals surface area contributed by atoms with Gasteiger partial charge in [-0.25, -0.2) is 0 Å². The van der Waals surface area contributed by atoms with Crippen molar-refractivity contribution in [3.63, 3.8) is 0 Å². The van der Waals surface area contributed by atoms with Crippen LogP contribution in [0.3, 0.4) is 0 Å². The lowest BCUT2D eigenvalue weighted by Crippen LogP contribution is -2.67. The fourth-order valence-corrected chi connectivity index (χ4v) is 3.86. The van der Waals surface area contributed by atoms with Crippen molar-refractivity contribution in [1.82, 2.24) is 24.5 Å². The van der Waals surface area contributed by atoms with E-state index in [0.717, 1.165) is 45.6 Å². The van der Waals surface area contributed by atoms with Crippen molar-refractivity contribution in [2.24, 2.45) is 7.05 Å². The first-order valence-corrected chi connectivity index (χ1v) is 8.36. The maximum Gasteiger partial charge on any atom is 0.243 e. The number of likely N-dealkylation sites (N-methyl/N-ethyl adjacent to an activating group) is 1. The van der Waals surface area contributed by atoms with Crippen LogP contribution in [-0.2, 0) is 18.4 Å². The average molecular weight is 317 g/mol. The summed E-state index contributed by atoms with van der Waals surface area (Å²) in [7, 11) is 4.04. The second-order valence-electron chi connectivity index (χ2n) is 6.79. The molecule has 0 aromatic carbocycles. The smallest absolute Gasteiger partial charge is 0.243 e. The van der Waals surface area contributed by atoms with Gasteiger partial charge in [0.05, 0.1) is 6.20 Å². The maximum atomic E-state index is 13.0. The number of hydrogen-bond donors (Lipinski definition) is 0. The minimum atomic E-state index is -0.313. The molecule has 23 heavy (non-hydrogen) atoms. The molecule has 6 nitrogen and oxygen atoms in total. The Morgan fingerprint density at radius 3 is 2.61 bits per heavy atom. The quantitative estimate of drug-likeness (QED) is 0.768. The average Bonchev–Trinajstić information content (AvgIpc) is 2.95. The molecule has 2 saturated heterocycles. The summed E-state index contributed by atoms with van der Waals surface area (Å²) in [4.78, 5) is 19.6. The van der Waals surface area contributed by atoms with E-state index in [1.54, 1.807) is 0 Å². The van der Waals surface area contributed by atoms with Crippen LogP contribution >= 0.6 is 0 Å². The van der Waals surface area contributed by atoms with Crippen LogP contribution in [0.5, 0.6) is 0 Å². The van der Waals surface area contributed by atoms with Crippen LogP contribution in [0.4, 0.5) is 0 Å². The molecule has 1 amide bonds. The van der Waals surface area contributed by atoms with Gasteiger partial charge in [-0.1, -0.05) is 6.08 Å². The Labute approximate surface area is 138 Å². The molecule has 6 heteroatoms. The summed E-state index contributed by atoms with van der Waals surface area (Å²) in [5, 5.41) is 4.23. The predicted octanol–water partition coefficient (Wildman–Crippen LogP) is 0.715. The van der Waals surface area contributed by atoms with Gasteiger partial charge < -0.3 is 4.90 Å². The molecule has 1 spiro atoms. The fourth-order valence-electron chi connectivity index (χ4n) is 3.86. The van der Waals surface area contributed by atoms with E-state index in [-0.39, 0.29) is 11.4 Å². The zero-order valence-corrected chi connectivity index (χ0v) is 14.2. The lowest BCUT2D eigenvalue weighted by molar-refractivity contribution is -0.153. The van der Waals surface area contributed by atoms with Gasteiger partial charge in [-0.15, -0.1) is 6.58 Å². The van der Waals surface area contributed by atoms with Crippen LogP contribution in [0.2, 0.25) is 0 Å². The van der Waals surface area contributed by atoms with E-state index >= 15 is 0 Å². The number of hydrogen-bond acceptors (Lipinski definition) is 4. The second kappa shape index (κ2) is 6.45. The minimum absolute atomic E-state index is 0.284. The summed E-state index contributed by atoms with van der Waals surface area (Å²) in [6.07, 6.45) is 7.61. The highest BCUT2D eigenvalue weighted by Gasteiger charge is 2.48. The molecule has 2 aliphatic heterocycles. The summed E-state index contributed by atoms with van der Waals surface area (Å²) in [6.45, 7) is 9.01. The molecular weight excluding hydrogens is 290 g/mol. The Morgan fingerprint density at radius 2 is 2.00 bits per heavy atom. The van der Waals surface area contributed by atoms with Gasteiger partial charge in [-0.05, 0) is 19.9 Å². The van der Waals surface area contributed by atoms with Crippen molar-refractivity contribution in [1.29, 1.82) is 0 Å². The van der Waals surface area contributed by atoms with E-state index in [1.807, 2.05) is 28.9 Å². The van der Waals surface area contributed by atoms with Crippen LogP contribution < -0.4 is 0 Å². The molecule has 1 aromatic rings. The van der Waals surface area contributed by atoms with Crippen LogP contribution in [0, 0.1) is 0 Å². The van der Waals surface area contributed by atoms with Crippen molar-refractivity contribution in [3.8, 4) is 0 Å². The largest absolute Gasteiger partial charge is 0.336 e. The number of rotatable bonds is 4. The van der Waals surface area contributed by atoms with Gasteiger partial charge in [0.15, 0.2) is 0 Å². The van der Waals surface area contributed by atoms with Gasteiger partial charge in [0.2, 0.25) is 5.91 Å². The Morgan fingerprint density at radius 1 is 1.26 bits per heavy atom. The summed E-state index contributed by atoms with van der Waals surface area (Å²) in [5.41, 5.74) is 0.923. The Hall–Kier alpha value is -1.66. The Kier molecular flexibility index (Phi) is 4.55. The molecule has 0 bridgehead atoms. The summed E-state index contributed by atoms with van der Waals surface area (Å²) in [5.74, 6) is 0.284. The maximum absolute atomic E-state index is 13.0. The van der Waals surface area contributed by atoms with E-state index in [4.69, 9.17) is 0 Å². The number of amides is 1. The number of nitrogens with zero attached hydrogens (tertiary/aromatic N) is 5. The van der Waals surface area contributed by atoms with Crippen molar-refractivity contribution >= 4 is 5.91 Å². The van der Waals surface area contributed by atoms with Gasteiger partial charge in [-0.2, -0.15) is 5.10 Å². The van der Waals surface area contributed by atoms with E-state index < -0.39 is 0 Å². The van der Waals surface area contributed by atoms with Gasteiger partial charge in [0, 0.05) is 58.1 Å². The number of likely N-dealkylation sites (tertiary alicyclic amines) is 1. The van der Waals surface area contributed by atoms with Crippen molar-refractivity contribution < 1.29 is 4.79 Å². The van der Waals surface area contributed by atoms with E-state index in [1.165, 1.54) is 5.56 Å². The van der Waals surface area contributed by atoms with Crippen LogP contribution in [0.15, 0.2) is 25.0 Å². The summed E-state index contributed by atoms with van der Waals surface area (Å²) >= 11 is 0. The number of carbonyl (C=O) groups is 1. The Bertz CT molecular complexity index is 573. The second-order valence-corrected chi connectivity index (χ2v) is 6.79. The third-order valence-electron chi connectivity index (χ3n) is 5.32. The van der Waals surface area contributed by atoms with Crippen molar-refractivity contribution in [3.05, 3.63) is 30.6 Å². The standard InChI is InChI=1S/C17H27N5O/c1-4-7-22-11-10-19(2)17(16(22)23)5-8-21(9-6-17)14-15-12-18-20(3)13-15/h4,12-13H,1,5-11,14H2,2-3H3. The number of piperidine rings is 1. The molecule has 2 aliphatic rings.